The minimum Gasteiger partial charge on any atom is -0.395 e. The first-order valence-electron chi connectivity index (χ1n) is 3.85. The van der Waals surface area contributed by atoms with Gasteiger partial charge in [-0.2, -0.15) is 0 Å². The van der Waals surface area contributed by atoms with Crippen LogP contribution in [-0.4, -0.2) is 42.2 Å². The molecule has 1 aliphatic heterocycles. The Morgan fingerprint density at radius 1 is 1.25 bits per heavy atom. The Morgan fingerprint density at radius 2 is 1.75 bits per heavy atom. The average molecular weight is 202 g/mol. The highest BCUT2D eigenvalue weighted by Crippen LogP contribution is 2.27. The number of alkyl halides is 2. The van der Waals surface area contributed by atoms with Crippen LogP contribution < -0.4 is 0 Å². The van der Waals surface area contributed by atoms with Crippen LogP contribution in [0.2, 0.25) is 0 Å². The lowest BCUT2D eigenvalue weighted by Crippen LogP contribution is -2.40. The molecule has 1 saturated heterocycles. The quantitative estimate of drug-likeness (QED) is 0.724. The second-order valence-electron chi connectivity index (χ2n) is 2.92. The highest BCUT2D eigenvalue weighted by atomic mass is 35.5. The summed E-state index contributed by atoms with van der Waals surface area (Å²) in [5.41, 5.74) is 0. The first-order valence-corrected chi connectivity index (χ1v) is 3.85. The van der Waals surface area contributed by atoms with E-state index >= 15 is 0 Å². The van der Waals surface area contributed by atoms with Crippen molar-refractivity contribution < 1.29 is 13.9 Å². The molecule has 0 unspecified atom stereocenters. The molecule has 2 nitrogen and oxygen atoms in total. The number of aliphatic hydroxyl groups excluding tert-OH is 1. The molecule has 5 heteroatoms. The number of halogens is 3. The summed E-state index contributed by atoms with van der Waals surface area (Å²) in [6.07, 6.45) is -0.125. The molecule has 74 valence electrons. The third-order valence-electron chi connectivity index (χ3n) is 2.00. The number of aliphatic hydroxyl groups is 1. The topological polar surface area (TPSA) is 23.5 Å². The van der Waals surface area contributed by atoms with E-state index in [1.54, 1.807) is 0 Å². The highest BCUT2D eigenvalue weighted by molar-refractivity contribution is 5.85. The number of likely N-dealkylation sites (tertiary alicyclic amines) is 1. The van der Waals surface area contributed by atoms with E-state index in [0.29, 0.717) is 19.6 Å². The maximum Gasteiger partial charge on any atom is 0.250 e. The summed E-state index contributed by atoms with van der Waals surface area (Å²) in [7, 11) is 0. The van der Waals surface area contributed by atoms with Crippen LogP contribution in [-0.2, 0) is 0 Å². The Hall–Kier alpha value is 0.0700. The summed E-state index contributed by atoms with van der Waals surface area (Å²) in [6.45, 7) is 1.41. The molecule has 12 heavy (non-hydrogen) atoms. The normalized spacial score (nSPS) is 23.2. The molecular weight excluding hydrogens is 188 g/mol. The van der Waals surface area contributed by atoms with Crippen LogP contribution in [0.25, 0.3) is 0 Å². The molecular formula is C7H14ClF2NO. The fraction of sp³-hybridized carbons (Fsp3) is 1.00. The van der Waals surface area contributed by atoms with E-state index in [0.717, 1.165) is 0 Å². The number of rotatable bonds is 2. The Kier molecular flexibility index (Phi) is 4.97. The molecule has 1 rings (SSSR count). The molecule has 0 radical (unpaired) electrons. The van der Waals surface area contributed by atoms with E-state index in [1.807, 2.05) is 4.90 Å². The Morgan fingerprint density at radius 3 is 2.17 bits per heavy atom. The van der Waals surface area contributed by atoms with Crippen molar-refractivity contribution in [2.45, 2.75) is 18.8 Å². The van der Waals surface area contributed by atoms with Gasteiger partial charge in [0.1, 0.15) is 0 Å². The van der Waals surface area contributed by atoms with Gasteiger partial charge in [0, 0.05) is 32.5 Å². The maximum absolute atomic E-state index is 12.5. The number of nitrogens with zero attached hydrogens (tertiary/aromatic N) is 1. The largest absolute Gasteiger partial charge is 0.395 e. The summed E-state index contributed by atoms with van der Waals surface area (Å²) in [5.74, 6) is -2.47. The molecule has 0 amide bonds. The number of piperidine rings is 1. The SMILES string of the molecule is Cl.OCCN1CCC(F)(F)CC1. The summed E-state index contributed by atoms with van der Waals surface area (Å²) in [5, 5.41) is 8.52. The smallest absolute Gasteiger partial charge is 0.250 e. The van der Waals surface area contributed by atoms with Crippen LogP contribution in [0.1, 0.15) is 12.8 Å². The Bertz CT molecular complexity index is 125. The van der Waals surface area contributed by atoms with Crippen LogP contribution in [0, 0.1) is 0 Å². The fourth-order valence-electron chi connectivity index (χ4n) is 1.25. The highest BCUT2D eigenvalue weighted by Gasteiger charge is 2.33. The lowest BCUT2D eigenvalue weighted by atomic mass is 10.1. The van der Waals surface area contributed by atoms with Gasteiger partial charge in [0.05, 0.1) is 6.61 Å². The Labute approximate surface area is 77.0 Å². The molecule has 0 atom stereocenters. The van der Waals surface area contributed by atoms with E-state index in [1.165, 1.54) is 0 Å². The first kappa shape index (κ1) is 12.1. The molecule has 1 aliphatic rings. The van der Waals surface area contributed by atoms with Gasteiger partial charge in [0.15, 0.2) is 0 Å². The fourth-order valence-corrected chi connectivity index (χ4v) is 1.25. The van der Waals surface area contributed by atoms with Crippen LogP contribution in [0.15, 0.2) is 0 Å². The summed E-state index contributed by atoms with van der Waals surface area (Å²) in [6, 6.07) is 0. The van der Waals surface area contributed by atoms with Gasteiger partial charge in [0.2, 0.25) is 0 Å². The lowest BCUT2D eigenvalue weighted by Gasteiger charge is -2.30. The molecule has 0 saturated carbocycles. The Balaban J connectivity index is 0.00000121. The third kappa shape index (κ3) is 3.65. The minimum absolute atomic E-state index is 0. The van der Waals surface area contributed by atoms with Crippen molar-refractivity contribution in [1.82, 2.24) is 4.90 Å². The summed E-state index contributed by atoms with van der Waals surface area (Å²) < 4.78 is 25.1. The van der Waals surface area contributed by atoms with Crippen LogP contribution >= 0.6 is 12.4 Å². The monoisotopic (exact) mass is 201 g/mol. The van der Waals surface area contributed by atoms with Gasteiger partial charge < -0.3 is 10.0 Å². The van der Waals surface area contributed by atoms with Crippen molar-refractivity contribution in [3.63, 3.8) is 0 Å². The van der Waals surface area contributed by atoms with E-state index in [-0.39, 0.29) is 31.9 Å². The maximum atomic E-state index is 12.5. The van der Waals surface area contributed by atoms with E-state index in [4.69, 9.17) is 5.11 Å². The van der Waals surface area contributed by atoms with Gasteiger partial charge in [0.25, 0.3) is 5.92 Å². The summed E-state index contributed by atoms with van der Waals surface area (Å²) in [4.78, 5) is 1.86. The zero-order valence-electron chi connectivity index (χ0n) is 6.80. The zero-order chi connectivity index (χ0) is 8.32. The van der Waals surface area contributed by atoms with Gasteiger partial charge in [-0.05, 0) is 0 Å². The second kappa shape index (κ2) is 4.94. The van der Waals surface area contributed by atoms with E-state index < -0.39 is 5.92 Å². The van der Waals surface area contributed by atoms with Crippen molar-refractivity contribution in [2.24, 2.45) is 0 Å². The van der Waals surface area contributed by atoms with E-state index in [9.17, 15) is 8.78 Å². The predicted octanol–water partition coefficient (Wildman–Crippen LogP) is 1.13. The van der Waals surface area contributed by atoms with Gasteiger partial charge >= 0.3 is 0 Å². The molecule has 0 aromatic carbocycles. The van der Waals surface area contributed by atoms with Crippen molar-refractivity contribution in [1.29, 1.82) is 0 Å². The van der Waals surface area contributed by atoms with Crippen LogP contribution in [0.4, 0.5) is 8.78 Å². The number of hydrogen-bond donors (Lipinski definition) is 1. The lowest BCUT2D eigenvalue weighted by molar-refractivity contribution is -0.0569. The second-order valence-corrected chi connectivity index (χ2v) is 2.92. The van der Waals surface area contributed by atoms with Gasteiger partial charge in [-0.25, -0.2) is 8.78 Å². The van der Waals surface area contributed by atoms with Crippen molar-refractivity contribution in [3.05, 3.63) is 0 Å². The standard InChI is InChI=1S/C7H13F2NO.ClH/c8-7(9)1-3-10(4-2-7)5-6-11;/h11H,1-6H2;1H. The molecule has 1 heterocycles. The summed E-state index contributed by atoms with van der Waals surface area (Å²) >= 11 is 0. The van der Waals surface area contributed by atoms with Crippen molar-refractivity contribution in [2.75, 3.05) is 26.2 Å². The van der Waals surface area contributed by atoms with Gasteiger partial charge in [-0.1, -0.05) is 0 Å². The molecule has 0 bridgehead atoms. The zero-order valence-corrected chi connectivity index (χ0v) is 7.62. The predicted molar refractivity (Wildman–Crippen MR) is 45.0 cm³/mol. The van der Waals surface area contributed by atoms with Crippen molar-refractivity contribution in [3.8, 4) is 0 Å². The number of β-amino-alcohol motifs (C(OH)–C–C–N with tert-alkyl or cyclic N) is 1. The molecule has 0 aliphatic carbocycles. The van der Waals surface area contributed by atoms with Crippen molar-refractivity contribution >= 4 is 12.4 Å². The molecule has 0 aromatic rings. The molecule has 0 aromatic heterocycles. The first-order chi connectivity index (χ1) is 5.14. The van der Waals surface area contributed by atoms with E-state index in [2.05, 4.69) is 0 Å². The number of hydrogen-bond acceptors (Lipinski definition) is 2. The molecule has 1 N–H and O–H groups in total. The third-order valence-corrected chi connectivity index (χ3v) is 2.00. The van der Waals surface area contributed by atoms with Crippen LogP contribution in [0.5, 0.6) is 0 Å². The minimum atomic E-state index is -2.47. The molecule has 1 fully saturated rings. The van der Waals surface area contributed by atoms with Gasteiger partial charge in [-0.15, -0.1) is 12.4 Å². The van der Waals surface area contributed by atoms with Gasteiger partial charge in [-0.3, -0.25) is 0 Å². The average Bonchev–Trinajstić information content (AvgIpc) is 1.94. The molecule has 0 spiro atoms. The van der Waals surface area contributed by atoms with Crippen LogP contribution in [0.3, 0.4) is 0 Å².